The number of aromatic nitrogens is 1. The summed E-state index contributed by atoms with van der Waals surface area (Å²) in [6.07, 6.45) is 0. The fraction of sp³-hybridized carbons (Fsp3) is 0.308. The van der Waals surface area contributed by atoms with Crippen LogP contribution in [0.1, 0.15) is 0 Å². The zero-order chi connectivity index (χ0) is 13.2. The number of hydrogen-bond acceptors (Lipinski definition) is 4. The molecule has 3 rings (SSSR count). The molecule has 1 saturated heterocycles. The number of nitrogens with zero attached hydrogens (tertiary/aromatic N) is 2. The Bertz CT molecular complexity index is 584. The number of rotatable bonds is 2. The maximum absolute atomic E-state index is 12.9. The molecule has 0 radical (unpaired) electrons. The van der Waals surface area contributed by atoms with Gasteiger partial charge in [0.15, 0.2) is 0 Å². The van der Waals surface area contributed by atoms with Crippen LogP contribution in [0.2, 0.25) is 5.15 Å². The van der Waals surface area contributed by atoms with Crippen molar-refractivity contribution in [2.24, 2.45) is 0 Å². The quantitative estimate of drug-likeness (QED) is 0.794. The molecule has 2 aromatic heterocycles. The van der Waals surface area contributed by atoms with Gasteiger partial charge in [-0.15, -0.1) is 11.3 Å². The molecule has 0 N–H and O–H groups in total. The summed E-state index contributed by atoms with van der Waals surface area (Å²) >= 11 is 7.57. The molecular weight excluding hydrogens is 287 g/mol. The van der Waals surface area contributed by atoms with Crippen LogP contribution < -0.4 is 4.90 Å². The Labute approximate surface area is 119 Å². The Morgan fingerprint density at radius 1 is 1.32 bits per heavy atom. The Kier molecular flexibility index (Phi) is 3.68. The summed E-state index contributed by atoms with van der Waals surface area (Å²) in [5, 5.41) is 2.29. The van der Waals surface area contributed by atoms with Crippen molar-refractivity contribution < 1.29 is 9.13 Å². The highest BCUT2D eigenvalue weighted by molar-refractivity contribution is 7.14. The first-order valence-electron chi connectivity index (χ1n) is 5.98. The molecule has 0 atom stereocenters. The summed E-state index contributed by atoms with van der Waals surface area (Å²) in [5.74, 6) is -0.557. The minimum atomic E-state index is -0.557. The molecule has 2 aromatic rings. The third kappa shape index (κ3) is 2.73. The molecule has 0 spiro atoms. The van der Waals surface area contributed by atoms with E-state index in [1.807, 2.05) is 0 Å². The second-order valence-electron chi connectivity index (χ2n) is 4.24. The molecule has 3 nitrogen and oxygen atoms in total. The van der Waals surface area contributed by atoms with Gasteiger partial charge in [0.05, 0.1) is 13.2 Å². The van der Waals surface area contributed by atoms with Crippen molar-refractivity contribution in [2.45, 2.75) is 0 Å². The van der Waals surface area contributed by atoms with Gasteiger partial charge in [-0.25, -0.2) is 4.98 Å². The van der Waals surface area contributed by atoms with Crippen LogP contribution in [0.15, 0.2) is 23.6 Å². The fourth-order valence-electron chi connectivity index (χ4n) is 2.05. The highest BCUT2D eigenvalue weighted by atomic mass is 35.5. The third-order valence-corrected chi connectivity index (χ3v) is 4.28. The summed E-state index contributed by atoms with van der Waals surface area (Å²) < 4.78 is 18.3. The first-order chi connectivity index (χ1) is 9.24. The average molecular weight is 299 g/mol. The summed E-state index contributed by atoms with van der Waals surface area (Å²) in [6.45, 7) is 3.30. The molecule has 1 fully saturated rings. The predicted molar refractivity (Wildman–Crippen MR) is 75.6 cm³/mol. The van der Waals surface area contributed by atoms with Crippen molar-refractivity contribution in [3.05, 3.63) is 34.7 Å². The van der Waals surface area contributed by atoms with Crippen LogP contribution in [0.5, 0.6) is 0 Å². The number of thiophene rings is 1. The molecule has 0 bridgehead atoms. The first kappa shape index (κ1) is 12.8. The van der Waals surface area contributed by atoms with Gasteiger partial charge >= 0.3 is 0 Å². The number of anilines is 1. The lowest BCUT2D eigenvalue weighted by atomic mass is 10.2. The monoisotopic (exact) mass is 298 g/mol. The summed E-state index contributed by atoms with van der Waals surface area (Å²) in [7, 11) is 0. The van der Waals surface area contributed by atoms with Crippen LogP contribution in [0.25, 0.3) is 10.4 Å². The van der Waals surface area contributed by atoms with Crippen LogP contribution >= 0.6 is 22.9 Å². The van der Waals surface area contributed by atoms with Gasteiger partial charge in [-0.3, -0.25) is 0 Å². The molecule has 1 aliphatic heterocycles. The lowest BCUT2D eigenvalue weighted by Crippen LogP contribution is -2.35. The molecule has 3 heterocycles. The average Bonchev–Trinajstić information content (AvgIpc) is 2.89. The predicted octanol–water partition coefficient (Wildman–Crippen LogP) is 3.44. The second-order valence-corrected chi connectivity index (χ2v) is 5.51. The number of halogens is 2. The maximum Gasteiger partial charge on any atom is 0.214 e. The van der Waals surface area contributed by atoms with Gasteiger partial charge in [0, 0.05) is 34.6 Å². The van der Waals surface area contributed by atoms with E-state index in [0.717, 1.165) is 42.4 Å². The Morgan fingerprint density at radius 2 is 2.11 bits per heavy atom. The van der Waals surface area contributed by atoms with Crippen molar-refractivity contribution in [1.82, 2.24) is 4.98 Å². The van der Waals surface area contributed by atoms with Crippen LogP contribution in [0.4, 0.5) is 10.1 Å². The van der Waals surface area contributed by atoms with E-state index < -0.39 is 5.95 Å². The van der Waals surface area contributed by atoms with Crippen molar-refractivity contribution in [3.63, 3.8) is 0 Å². The van der Waals surface area contributed by atoms with E-state index in [4.69, 9.17) is 16.3 Å². The minimum Gasteiger partial charge on any atom is -0.378 e. The second kappa shape index (κ2) is 5.45. The minimum absolute atomic E-state index is 0.204. The molecule has 0 aromatic carbocycles. The number of pyridine rings is 1. The summed E-state index contributed by atoms with van der Waals surface area (Å²) in [4.78, 5) is 6.91. The summed E-state index contributed by atoms with van der Waals surface area (Å²) in [6, 6.07) is 5.06. The number of hydrogen-bond donors (Lipinski definition) is 0. The standard InChI is InChI=1S/C13H12ClFN2OS/c14-13-10(1-2-12(15)16-13)11-7-9(8-19-11)17-3-5-18-6-4-17/h1-2,7-8H,3-6H2. The van der Waals surface area contributed by atoms with E-state index >= 15 is 0 Å². The van der Waals surface area contributed by atoms with Gasteiger partial charge in [-0.1, -0.05) is 11.6 Å². The highest BCUT2D eigenvalue weighted by Crippen LogP contribution is 2.35. The molecule has 100 valence electrons. The van der Waals surface area contributed by atoms with Gasteiger partial charge in [-0.2, -0.15) is 4.39 Å². The van der Waals surface area contributed by atoms with Crippen LogP contribution in [0, 0.1) is 5.95 Å². The van der Waals surface area contributed by atoms with Crippen LogP contribution in [-0.2, 0) is 4.74 Å². The largest absolute Gasteiger partial charge is 0.378 e. The zero-order valence-corrected chi connectivity index (χ0v) is 11.7. The third-order valence-electron chi connectivity index (χ3n) is 3.04. The van der Waals surface area contributed by atoms with E-state index in [1.165, 1.54) is 6.07 Å². The normalized spacial score (nSPS) is 15.8. The maximum atomic E-state index is 12.9. The van der Waals surface area contributed by atoms with Crippen LogP contribution in [-0.4, -0.2) is 31.3 Å². The number of ether oxygens (including phenoxy) is 1. The highest BCUT2D eigenvalue weighted by Gasteiger charge is 2.15. The Morgan fingerprint density at radius 3 is 2.84 bits per heavy atom. The van der Waals surface area contributed by atoms with Gasteiger partial charge in [0.2, 0.25) is 5.95 Å². The Balaban J connectivity index is 1.87. The lowest BCUT2D eigenvalue weighted by molar-refractivity contribution is 0.123. The first-order valence-corrected chi connectivity index (χ1v) is 7.23. The van der Waals surface area contributed by atoms with E-state index in [-0.39, 0.29) is 5.15 Å². The molecule has 0 aliphatic carbocycles. The topological polar surface area (TPSA) is 25.4 Å². The van der Waals surface area contributed by atoms with Gasteiger partial charge in [-0.05, 0) is 18.2 Å². The van der Waals surface area contributed by atoms with E-state index in [1.54, 1.807) is 17.4 Å². The smallest absolute Gasteiger partial charge is 0.214 e. The number of morpholine rings is 1. The molecule has 1 aliphatic rings. The van der Waals surface area contributed by atoms with Crippen LogP contribution in [0.3, 0.4) is 0 Å². The van der Waals surface area contributed by atoms with E-state index in [9.17, 15) is 4.39 Å². The molecule has 0 saturated carbocycles. The van der Waals surface area contributed by atoms with Crippen molar-refractivity contribution in [1.29, 1.82) is 0 Å². The lowest BCUT2D eigenvalue weighted by Gasteiger charge is -2.27. The van der Waals surface area contributed by atoms with Gasteiger partial charge < -0.3 is 9.64 Å². The molecule has 0 amide bonds. The van der Waals surface area contributed by atoms with Crippen molar-refractivity contribution in [3.8, 4) is 10.4 Å². The van der Waals surface area contributed by atoms with E-state index in [0.29, 0.717) is 0 Å². The molecule has 6 heteroatoms. The van der Waals surface area contributed by atoms with Crippen molar-refractivity contribution >= 4 is 28.6 Å². The summed E-state index contributed by atoms with van der Waals surface area (Å²) in [5.41, 5.74) is 1.93. The zero-order valence-electron chi connectivity index (χ0n) is 10.1. The van der Waals surface area contributed by atoms with Crippen molar-refractivity contribution in [2.75, 3.05) is 31.2 Å². The molecule has 0 unspecified atom stereocenters. The fourth-order valence-corrected chi connectivity index (χ4v) is 3.30. The SMILES string of the molecule is Fc1ccc(-c2cc(N3CCOCC3)cs2)c(Cl)n1. The van der Waals surface area contributed by atoms with E-state index in [2.05, 4.69) is 21.3 Å². The van der Waals surface area contributed by atoms with Gasteiger partial charge in [0.25, 0.3) is 0 Å². The Hall–Kier alpha value is -1.17. The van der Waals surface area contributed by atoms with Gasteiger partial charge in [0.1, 0.15) is 5.15 Å². The molecular formula is C13H12ClFN2OS. The molecule has 19 heavy (non-hydrogen) atoms.